The molecule has 1 aromatic carbocycles. The highest BCUT2D eigenvalue weighted by Gasteiger charge is 2.24. The smallest absolute Gasteiger partial charge is 0.0599 e. The minimum Gasteiger partial charge on any atom is -0.393 e. The number of nitrogens with two attached hydrogens (primary N) is 1. The largest absolute Gasteiger partial charge is 0.393 e. The van der Waals surface area contributed by atoms with E-state index in [1.54, 1.807) is 0 Å². The highest BCUT2D eigenvalue weighted by atomic mass is 16.3. The van der Waals surface area contributed by atoms with Gasteiger partial charge in [0.15, 0.2) is 0 Å². The molecule has 3 heteroatoms. The molecule has 0 aromatic heterocycles. The van der Waals surface area contributed by atoms with Crippen molar-refractivity contribution in [1.82, 2.24) is 0 Å². The van der Waals surface area contributed by atoms with Gasteiger partial charge >= 0.3 is 0 Å². The minimum absolute atomic E-state index is 0.144. The van der Waals surface area contributed by atoms with Crippen molar-refractivity contribution >= 4 is 5.69 Å². The second-order valence-corrected chi connectivity index (χ2v) is 4.65. The summed E-state index contributed by atoms with van der Waals surface area (Å²) in [5.41, 5.74) is 8.03. The molecule has 16 heavy (non-hydrogen) atoms. The molecule has 88 valence electrons. The molecule has 2 rings (SSSR count). The molecule has 0 amide bonds. The van der Waals surface area contributed by atoms with Gasteiger partial charge in [-0.25, -0.2) is 0 Å². The normalized spacial score (nSPS) is 25.8. The van der Waals surface area contributed by atoms with Crippen molar-refractivity contribution in [2.75, 3.05) is 18.0 Å². The molecular formula is C13H20N2O. The van der Waals surface area contributed by atoms with Gasteiger partial charge in [-0.2, -0.15) is 0 Å². The zero-order chi connectivity index (χ0) is 11.5. The van der Waals surface area contributed by atoms with Gasteiger partial charge in [0, 0.05) is 25.3 Å². The van der Waals surface area contributed by atoms with Crippen molar-refractivity contribution in [3.63, 3.8) is 0 Å². The Morgan fingerprint density at radius 1 is 1.50 bits per heavy atom. The molecule has 1 aliphatic heterocycles. The van der Waals surface area contributed by atoms with Crippen LogP contribution in [0.1, 0.15) is 18.9 Å². The third kappa shape index (κ3) is 2.36. The van der Waals surface area contributed by atoms with Gasteiger partial charge in [0.1, 0.15) is 0 Å². The third-order valence-corrected chi connectivity index (χ3v) is 3.37. The van der Waals surface area contributed by atoms with E-state index in [1.165, 1.54) is 5.69 Å². The van der Waals surface area contributed by atoms with Crippen LogP contribution in [0.2, 0.25) is 0 Å². The summed E-state index contributed by atoms with van der Waals surface area (Å²) in [5, 5.41) is 9.70. The van der Waals surface area contributed by atoms with E-state index >= 15 is 0 Å². The zero-order valence-electron chi connectivity index (χ0n) is 9.76. The molecule has 0 saturated carbocycles. The number of aliphatic hydroxyl groups excluding tert-OH is 1. The Morgan fingerprint density at radius 2 is 2.31 bits per heavy atom. The van der Waals surface area contributed by atoms with Gasteiger partial charge in [-0.1, -0.05) is 19.1 Å². The second-order valence-electron chi connectivity index (χ2n) is 4.65. The second kappa shape index (κ2) is 4.85. The molecule has 1 aromatic rings. The van der Waals surface area contributed by atoms with Crippen LogP contribution in [0.25, 0.3) is 0 Å². The van der Waals surface area contributed by atoms with E-state index in [1.807, 2.05) is 12.1 Å². The molecule has 0 bridgehead atoms. The molecule has 1 heterocycles. The summed E-state index contributed by atoms with van der Waals surface area (Å²) in [7, 11) is 0. The lowest BCUT2D eigenvalue weighted by Crippen LogP contribution is -2.41. The molecular weight excluding hydrogens is 200 g/mol. The van der Waals surface area contributed by atoms with E-state index in [0.717, 1.165) is 25.1 Å². The highest BCUT2D eigenvalue weighted by Crippen LogP contribution is 2.23. The fourth-order valence-corrected chi connectivity index (χ4v) is 2.25. The minimum atomic E-state index is -0.144. The Kier molecular flexibility index (Phi) is 3.46. The third-order valence-electron chi connectivity index (χ3n) is 3.37. The summed E-state index contributed by atoms with van der Waals surface area (Å²) in [4.78, 5) is 2.33. The zero-order valence-corrected chi connectivity index (χ0v) is 9.76. The van der Waals surface area contributed by atoms with Crippen LogP contribution in [0.5, 0.6) is 0 Å². The molecule has 1 aliphatic rings. The van der Waals surface area contributed by atoms with E-state index in [2.05, 4.69) is 24.0 Å². The SMILES string of the molecule is CC1CN(c2cccc(CN)c2)CCC1O. The van der Waals surface area contributed by atoms with Gasteiger partial charge in [-0.05, 0) is 30.0 Å². The van der Waals surface area contributed by atoms with Crippen molar-refractivity contribution in [3.05, 3.63) is 29.8 Å². The van der Waals surface area contributed by atoms with Gasteiger partial charge in [0.05, 0.1) is 6.10 Å². The topological polar surface area (TPSA) is 49.5 Å². The van der Waals surface area contributed by atoms with Gasteiger partial charge in [0.25, 0.3) is 0 Å². The Bertz CT molecular complexity index is 354. The van der Waals surface area contributed by atoms with Gasteiger partial charge in [-0.15, -0.1) is 0 Å². The lowest BCUT2D eigenvalue weighted by molar-refractivity contribution is 0.0971. The molecule has 2 unspecified atom stereocenters. The first-order valence-electron chi connectivity index (χ1n) is 5.92. The maximum absolute atomic E-state index is 9.70. The van der Waals surface area contributed by atoms with Gasteiger partial charge in [0.2, 0.25) is 0 Å². The summed E-state index contributed by atoms with van der Waals surface area (Å²) < 4.78 is 0. The Balaban J connectivity index is 2.12. The molecule has 0 spiro atoms. The van der Waals surface area contributed by atoms with E-state index in [9.17, 15) is 5.11 Å². The number of nitrogens with zero attached hydrogens (tertiary/aromatic N) is 1. The van der Waals surface area contributed by atoms with E-state index in [4.69, 9.17) is 5.73 Å². The number of hydrogen-bond donors (Lipinski definition) is 2. The van der Waals surface area contributed by atoms with Crippen molar-refractivity contribution in [2.24, 2.45) is 11.7 Å². The molecule has 3 N–H and O–H groups in total. The Labute approximate surface area is 96.9 Å². The Hall–Kier alpha value is -1.06. The van der Waals surface area contributed by atoms with Crippen molar-refractivity contribution in [2.45, 2.75) is 26.0 Å². The number of piperidine rings is 1. The average Bonchev–Trinajstić information content (AvgIpc) is 2.33. The van der Waals surface area contributed by atoms with Crippen LogP contribution in [0.15, 0.2) is 24.3 Å². The lowest BCUT2D eigenvalue weighted by Gasteiger charge is -2.36. The first-order valence-corrected chi connectivity index (χ1v) is 5.92. The van der Waals surface area contributed by atoms with E-state index < -0.39 is 0 Å². The Morgan fingerprint density at radius 3 is 3.00 bits per heavy atom. The molecule has 1 saturated heterocycles. The predicted octanol–water partition coefficient (Wildman–Crippen LogP) is 1.35. The molecule has 0 radical (unpaired) electrons. The van der Waals surface area contributed by atoms with Crippen LogP contribution >= 0.6 is 0 Å². The fraction of sp³-hybridized carbons (Fsp3) is 0.538. The number of anilines is 1. The standard InChI is InChI=1S/C13H20N2O/c1-10-9-15(6-5-13(10)16)12-4-2-3-11(7-12)8-14/h2-4,7,10,13,16H,5-6,8-9,14H2,1H3. The molecule has 2 atom stereocenters. The monoisotopic (exact) mass is 220 g/mol. The maximum Gasteiger partial charge on any atom is 0.0599 e. The lowest BCUT2D eigenvalue weighted by atomic mass is 9.96. The molecule has 3 nitrogen and oxygen atoms in total. The summed E-state index contributed by atoms with van der Waals surface area (Å²) in [6.07, 6.45) is 0.711. The fourth-order valence-electron chi connectivity index (χ4n) is 2.25. The first-order chi connectivity index (χ1) is 7.70. The predicted molar refractivity (Wildman–Crippen MR) is 66.3 cm³/mol. The van der Waals surface area contributed by atoms with Crippen molar-refractivity contribution in [1.29, 1.82) is 0 Å². The maximum atomic E-state index is 9.70. The van der Waals surface area contributed by atoms with Crippen LogP contribution in [0, 0.1) is 5.92 Å². The summed E-state index contributed by atoms with van der Waals surface area (Å²) in [6, 6.07) is 8.35. The number of benzene rings is 1. The summed E-state index contributed by atoms with van der Waals surface area (Å²) in [6.45, 7) is 4.54. The van der Waals surface area contributed by atoms with Crippen molar-refractivity contribution in [3.8, 4) is 0 Å². The summed E-state index contributed by atoms with van der Waals surface area (Å²) >= 11 is 0. The van der Waals surface area contributed by atoms with Crippen LogP contribution < -0.4 is 10.6 Å². The number of aliphatic hydroxyl groups is 1. The summed E-state index contributed by atoms with van der Waals surface area (Å²) in [5.74, 6) is 0.343. The van der Waals surface area contributed by atoms with Gasteiger partial charge in [-0.3, -0.25) is 0 Å². The van der Waals surface area contributed by atoms with E-state index in [0.29, 0.717) is 12.5 Å². The van der Waals surface area contributed by atoms with Gasteiger partial charge < -0.3 is 15.7 Å². The highest BCUT2D eigenvalue weighted by molar-refractivity contribution is 5.49. The van der Waals surface area contributed by atoms with Crippen LogP contribution in [0.3, 0.4) is 0 Å². The van der Waals surface area contributed by atoms with E-state index in [-0.39, 0.29) is 6.10 Å². The van der Waals surface area contributed by atoms with Crippen molar-refractivity contribution < 1.29 is 5.11 Å². The molecule has 0 aliphatic carbocycles. The quantitative estimate of drug-likeness (QED) is 0.791. The molecule has 1 fully saturated rings. The van der Waals surface area contributed by atoms with Crippen LogP contribution in [-0.4, -0.2) is 24.3 Å². The van der Waals surface area contributed by atoms with Crippen LogP contribution in [-0.2, 0) is 6.54 Å². The average molecular weight is 220 g/mol. The number of rotatable bonds is 2. The van der Waals surface area contributed by atoms with Crippen LogP contribution in [0.4, 0.5) is 5.69 Å². The first kappa shape index (κ1) is 11.4. The number of hydrogen-bond acceptors (Lipinski definition) is 3.